The molecule has 2 heterocycles. The third-order valence-corrected chi connectivity index (χ3v) is 23.1. The maximum atomic E-state index is 6.41. The summed E-state index contributed by atoms with van der Waals surface area (Å²) in [5.74, 6) is 0.924. The number of rotatable bonds is 15. The summed E-state index contributed by atoms with van der Waals surface area (Å²) in [6, 6.07) is 103. The van der Waals surface area contributed by atoms with E-state index in [0.717, 1.165) is 55.8 Å². The van der Waals surface area contributed by atoms with Crippen LogP contribution in [0.3, 0.4) is 0 Å². The van der Waals surface area contributed by atoms with Crippen molar-refractivity contribution >= 4 is 34.1 Å². The van der Waals surface area contributed by atoms with Crippen molar-refractivity contribution in [3.63, 3.8) is 0 Å². The third kappa shape index (κ3) is 13.0. The SMILES string of the molecule is CCCCCCOc1ccc(C2(c3ccc(C)cc3)c3cc(C)ccc3-c3ccc(-c4ccc5c(c4)CCc4cc(-c6ccc(C(C)(C)C)cc6)ccc4N5c4ccc(-c5ccc(N6c7ccc(-c8ccc(C)cc8)cc7CCc7cc(-c8ccc(C(C)(C)C)cc8)ccc76)cc5C)c(C)c4)cc32)cc1. The summed E-state index contributed by atoms with van der Waals surface area (Å²) in [6.45, 7) is 27.9. The van der Waals surface area contributed by atoms with Crippen molar-refractivity contribution in [3.8, 4) is 72.5 Å². The number of anilines is 6. The first-order chi connectivity index (χ1) is 50.8. The van der Waals surface area contributed by atoms with Crippen LogP contribution in [0.15, 0.2) is 267 Å². The summed E-state index contributed by atoms with van der Waals surface area (Å²) in [5, 5.41) is 0. The van der Waals surface area contributed by atoms with Crippen molar-refractivity contribution in [2.24, 2.45) is 0 Å². The number of unbranched alkanes of at least 4 members (excludes halogenated alkanes) is 3. The summed E-state index contributed by atoms with van der Waals surface area (Å²) in [5.41, 5.74) is 41.2. The van der Waals surface area contributed by atoms with Crippen LogP contribution in [-0.4, -0.2) is 6.61 Å². The van der Waals surface area contributed by atoms with E-state index >= 15 is 0 Å². The number of hydrogen-bond donors (Lipinski definition) is 0. The molecule has 1 atom stereocenters. The highest BCUT2D eigenvalue weighted by Gasteiger charge is 2.47. The van der Waals surface area contributed by atoms with Crippen LogP contribution in [0.4, 0.5) is 34.1 Å². The number of aryl methyl sites for hydroxylation is 9. The smallest absolute Gasteiger partial charge is 0.119 e. The Morgan fingerprint density at radius 3 is 1.08 bits per heavy atom. The maximum Gasteiger partial charge on any atom is 0.119 e. The molecule has 1 unspecified atom stereocenters. The number of nitrogens with zero attached hydrogens (tertiary/aromatic N) is 2. The molecule has 522 valence electrons. The molecule has 0 saturated heterocycles. The van der Waals surface area contributed by atoms with E-state index in [1.807, 2.05) is 0 Å². The maximum absolute atomic E-state index is 6.41. The average Bonchev–Trinajstić information content (AvgIpc) is 1.54. The van der Waals surface area contributed by atoms with Gasteiger partial charge in [0.15, 0.2) is 0 Å². The molecule has 0 N–H and O–H groups in total. The minimum atomic E-state index is -0.566. The van der Waals surface area contributed by atoms with Crippen LogP contribution >= 0.6 is 0 Å². The predicted molar refractivity (Wildman–Crippen MR) is 446 cm³/mol. The van der Waals surface area contributed by atoms with Gasteiger partial charge in [0.1, 0.15) is 5.75 Å². The zero-order valence-corrected chi connectivity index (χ0v) is 63.6. The Kier molecular flexibility index (Phi) is 18.1. The zero-order valence-electron chi connectivity index (χ0n) is 63.6. The van der Waals surface area contributed by atoms with Crippen molar-refractivity contribution in [2.75, 3.05) is 16.4 Å². The van der Waals surface area contributed by atoms with Crippen molar-refractivity contribution in [1.29, 1.82) is 0 Å². The van der Waals surface area contributed by atoms with E-state index in [0.29, 0.717) is 0 Å². The Hall–Kier alpha value is -10.7. The van der Waals surface area contributed by atoms with Gasteiger partial charge >= 0.3 is 0 Å². The van der Waals surface area contributed by atoms with Crippen LogP contribution in [0.2, 0.25) is 0 Å². The average molecular weight is 1370 g/mol. The first kappa shape index (κ1) is 68.7. The zero-order chi connectivity index (χ0) is 72.5. The fraction of sp³-hybridized carbons (Fsp3) is 0.235. The van der Waals surface area contributed by atoms with E-state index in [9.17, 15) is 0 Å². The molecular weight excluding hydrogens is 1270 g/mol. The van der Waals surface area contributed by atoms with E-state index in [-0.39, 0.29) is 10.8 Å². The second-order valence-corrected chi connectivity index (χ2v) is 32.4. The fourth-order valence-electron chi connectivity index (χ4n) is 17.1. The second kappa shape index (κ2) is 27.7. The lowest BCUT2D eigenvalue weighted by Gasteiger charge is -2.34. The number of fused-ring (bicyclic) bond motifs is 7. The van der Waals surface area contributed by atoms with E-state index < -0.39 is 5.41 Å². The standard InChI is InChI=1S/C102H98N2O/c1-13-14-15-16-57-105-89-47-43-86(44-48-89)102(85-37-19-67(3)20-38-85)94-58-68(4)21-49-92(94)93-50-32-78(65-95(93)102)77-36-56-99-82(64-77)27-26-81-63-76(73-30-41-84(42-31-73)101(10,11)12)35-55-98(81)104(99)88-46-52-91(70(6)60-88)90-51-45-87(59-69(90)5)103-96-53-33-74(71-22-17-66(2)18-23-71)61-79(96)24-25-80-62-75(34-54-97(80)103)72-28-39-83(40-29-72)100(7,8)9/h17-23,28-56,58-65H,13-16,24-27,57H2,1-12H3. The lowest BCUT2D eigenvalue weighted by molar-refractivity contribution is 0.305. The summed E-state index contributed by atoms with van der Waals surface area (Å²) >= 11 is 0. The number of benzene rings is 13. The van der Waals surface area contributed by atoms with E-state index in [1.54, 1.807) is 0 Å². The Balaban J connectivity index is 0.777. The molecule has 0 radical (unpaired) electrons. The molecule has 0 fully saturated rings. The van der Waals surface area contributed by atoms with Crippen LogP contribution in [-0.2, 0) is 41.9 Å². The quantitative estimate of drug-likeness (QED) is 0.0952. The van der Waals surface area contributed by atoms with Gasteiger partial charge in [-0.3, -0.25) is 0 Å². The lowest BCUT2D eigenvalue weighted by Crippen LogP contribution is -2.28. The molecule has 0 aromatic heterocycles. The topological polar surface area (TPSA) is 15.7 Å². The van der Waals surface area contributed by atoms with E-state index in [4.69, 9.17) is 4.74 Å². The van der Waals surface area contributed by atoms with Gasteiger partial charge in [-0.05, 0) is 302 Å². The van der Waals surface area contributed by atoms with Gasteiger partial charge in [-0.2, -0.15) is 0 Å². The van der Waals surface area contributed by atoms with Gasteiger partial charge in [0.05, 0.1) is 12.0 Å². The molecule has 105 heavy (non-hydrogen) atoms. The minimum absolute atomic E-state index is 0.0719. The normalized spacial score (nSPS) is 14.5. The van der Waals surface area contributed by atoms with Gasteiger partial charge in [-0.25, -0.2) is 0 Å². The van der Waals surface area contributed by atoms with Gasteiger partial charge in [0, 0.05) is 34.1 Å². The number of ether oxygens (including phenoxy) is 1. The molecule has 3 heteroatoms. The monoisotopic (exact) mass is 1370 g/mol. The first-order valence-electron chi connectivity index (χ1n) is 38.5. The molecule has 0 saturated carbocycles. The van der Waals surface area contributed by atoms with E-state index in [1.165, 1.54) is 192 Å². The molecule has 13 aromatic rings. The molecule has 2 aliphatic heterocycles. The van der Waals surface area contributed by atoms with Crippen molar-refractivity contribution in [3.05, 3.63) is 350 Å². The summed E-state index contributed by atoms with van der Waals surface area (Å²) in [4.78, 5) is 5.10. The molecule has 3 nitrogen and oxygen atoms in total. The molecule has 0 amide bonds. The Morgan fingerprint density at radius 2 is 0.657 bits per heavy atom. The molecule has 1 aliphatic carbocycles. The first-order valence-corrected chi connectivity index (χ1v) is 38.5. The highest BCUT2D eigenvalue weighted by molar-refractivity contribution is 5.92. The van der Waals surface area contributed by atoms with Crippen molar-refractivity contribution in [2.45, 2.75) is 151 Å². The Bertz CT molecular complexity index is 5430. The van der Waals surface area contributed by atoms with Crippen molar-refractivity contribution < 1.29 is 4.74 Å². The highest BCUT2D eigenvalue weighted by atomic mass is 16.5. The molecular formula is C102H98N2O. The summed E-state index contributed by atoms with van der Waals surface area (Å²) < 4.78 is 6.41. The summed E-state index contributed by atoms with van der Waals surface area (Å²) in [6.07, 6.45) is 8.39. The Morgan fingerprint density at radius 1 is 0.314 bits per heavy atom. The molecule has 16 rings (SSSR count). The van der Waals surface area contributed by atoms with E-state index in [2.05, 4.69) is 360 Å². The van der Waals surface area contributed by atoms with Crippen LogP contribution in [0.5, 0.6) is 5.75 Å². The molecule has 0 spiro atoms. The molecule has 13 aromatic carbocycles. The second-order valence-electron chi connectivity index (χ2n) is 32.4. The van der Waals surface area contributed by atoms with Gasteiger partial charge < -0.3 is 14.5 Å². The number of hydrogen-bond acceptors (Lipinski definition) is 3. The van der Waals surface area contributed by atoms with Crippen LogP contribution in [0, 0.1) is 34.6 Å². The van der Waals surface area contributed by atoms with Gasteiger partial charge in [-0.1, -0.05) is 260 Å². The Labute approximate surface area is 624 Å². The fourth-order valence-corrected chi connectivity index (χ4v) is 17.1. The minimum Gasteiger partial charge on any atom is -0.494 e. The van der Waals surface area contributed by atoms with Gasteiger partial charge in [0.2, 0.25) is 0 Å². The summed E-state index contributed by atoms with van der Waals surface area (Å²) in [7, 11) is 0. The molecule has 3 aliphatic rings. The van der Waals surface area contributed by atoms with Crippen LogP contribution < -0.4 is 14.5 Å². The van der Waals surface area contributed by atoms with Gasteiger partial charge in [-0.15, -0.1) is 0 Å². The van der Waals surface area contributed by atoms with Crippen molar-refractivity contribution in [1.82, 2.24) is 0 Å². The van der Waals surface area contributed by atoms with Gasteiger partial charge in [0.25, 0.3) is 0 Å². The predicted octanol–water partition coefficient (Wildman–Crippen LogP) is 27.6. The highest BCUT2D eigenvalue weighted by Crippen LogP contribution is 2.58. The molecule has 0 bridgehead atoms. The third-order valence-electron chi connectivity index (χ3n) is 23.1. The lowest BCUT2D eigenvalue weighted by atomic mass is 9.67. The van der Waals surface area contributed by atoms with Crippen LogP contribution in [0.25, 0.3) is 66.8 Å². The van der Waals surface area contributed by atoms with Crippen LogP contribution in [0.1, 0.15) is 158 Å². The largest absolute Gasteiger partial charge is 0.494 e.